The quantitative estimate of drug-likeness (QED) is 0.752. The first-order valence-corrected chi connectivity index (χ1v) is 6.57. The molecule has 0 unspecified atom stereocenters. The Labute approximate surface area is 114 Å². The molecule has 1 fully saturated rings. The van der Waals surface area contributed by atoms with Crippen molar-refractivity contribution in [3.63, 3.8) is 0 Å². The average Bonchev–Trinajstić information content (AvgIpc) is 2.38. The predicted octanol–water partition coefficient (Wildman–Crippen LogP) is 4.28. The molecule has 0 N–H and O–H groups in total. The highest BCUT2D eigenvalue weighted by atomic mass is 19.4. The first-order valence-electron chi connectivity index (χ1n) is 6.57. The van der Waals surface area contributed by atoms with E-state index in [-0.39, 0.29) is 5.56 Å². The largest absolute Gasteiger partial charge is 0.416 e. The van der Waals surface area contributed by atoms with Crippen LogP contribution >= 0.6 is 0 Å². The number of piperidine rings is 1. The van der Waals surface area contributed by atoms with Gasteiger partial charge >= 0.3 is 6.18 Å². The van der Waals surface area contributed by atoms with E-state index in [1.165, 1.54) is 0 Å². The average molecular weight is 293 g/mol. The van der Waals surface area contributed by atoms with Crippen LogP contribution in [0.5, 0.6) is 0 Å². The van der Waals surface area contributed by atoms with Crippen LogP contribution in [0.4, 0.5) is 22.0 Å². The molecule has 1 nitrogen and oxygen atoms in total. The summed E-state index contributed by atoms with van der Waals surface area (Å²) in [6.07, 6.45) is -1.67. The van der Waals surface area contributed by atoms with Crippen LogP contribution in [0.1, 0.15) is 30.4 Å². The number of nitrogens with zero attached hydrogens (tertiary/aromatic N) is 1. The Bertz CT molecular complexity index is 432. The normalized spacial score (nSPS) is 18.2. The van der Waals surface area contributed by atoms with Crippen molar-refractivity contribution in [1.29, 1.82) is 0 Å². The summed E-state index contributed by atoms with van der Waals surface area (Å²) in [6.45, 7) is 0.810. The highest BCUT2D eigenvalue weighted by Gasteiger charge is 2.36. The maximum absolute atomic E-state index is 14.0. The highest BCUT2D eigenvalue weighted by Crippen LogP contribution is 2.34. The fraction of sp³-hybridized carbons (Fsp3) is 0.571. The van der Waals surface area contributed by atoms with Crippen LogP contribution in [0.2, 0.25) is 0 Å². The molecule has 0 atom stereocenters. The number of rotatable bonds is 3. The molecule has 0 radical (unpaired) electrons. The summed E-state index contributed by atoms with van der Waals surface area (Å²) in [5.74, 6) is -3.12. The SMILES string of the molecule is FC(F)(F)c1ccc(C(F)(F)CN2CCCCC2)cc1. The minimum absolute atomic E-state index is 0.365. The second-order valence-corrected chi connectivity index (χ2v) is 5.12. The van der Waals surface area contributed by atoms with Gasteiger partial charge in [0.1, 0.15) is 0 Å². The van der Waals surface area contributed by atoms with Crippen molar-refractivity contribution >= 4 is 0 Å². The van der Waals surface area contributed by atoms with E-state index in [9.17, 15) is 22.0 Å². The molecule has 0 aromatic heterocycles. The van der Waals surface area contributed by atoms with E-state index in [0.29, 0.717) is 25.2 Å². The van der Waals surface area contributed by atoms with Crippen molar-refractivity contribution in [2.45, 2.75) is 31.4 Å². The van der Waals surface area contributed by atoms with Crippen molar-refractivity contribution in [2.24, 2.45) is 0 Å². The van der Waals surface area contributed by atoms with E-state index < -0.39 is 24.2 Å². The summed E-state index contributed by atoms with van der Waals surface area (Å²) >= 11 is 0. The van der Waals surface area contributed by atoms with Gasteiger partial charge in [-0.1, -0.05) is 18.6 Å². The third-order valence-electron chi connectivity index (χ3n) is 3.51. The van der Waals surface area contributed by atoms with E-state index >= 15 is 0 Å². The molecule has 0 bridgehead atoms. The van der Waals surface area contributed by atoms with Gasteiger partial charge in [-0.25, -0.2) is 0 Å². The molecule has 20 heavy (non-hydrogen) atoms. The van der Waals surface area contributed by atoms with Crippen molar-refractivity contribution in [3.05, 3.63) is 35.4 Å². The highest BCUT2D eigenvalue weighted by molar-refractivity contribution is 5.27. The molecule has 1 aromatic rings. The van der Waals surface area contributed by atoms with Gasteiger partial charge in [0.05, 0.1) is 12.1 Å². The zero-order valence-corrected chi connectivity index (χ0v) is 10.9. The predicted molar refractivity (Wildman–Crippen MR) is 65.6 cm³/mol. The van der Waals surface area contributed by atoms with E-state index in [2.05, 4.69) is 0 Å². The number of halogens is 5. The maximum atomic E-state index is 14.0. The lowest BCUT2D eigenvalue weighted by molar-refractivity contribution is -0.137. The third kappa shape index (κ3) is 3.69. The van der Waals surface area contributed by atoms with Gasteiger partial charge in [0.15, 0.2) is 0 Å². The minimum atomic E-state index is -4.50. The number of benzene rings is 1. The Morgan fingerprint density at radius 3 is 1.80 bits per heavy atom. The first-order chi connectivity index (χ1) is 9.29. The zero-order chi connectivity index (χ0) is 14.8. The Hall–Kier alpha value is -1.17. The van der Waals surface area contributed by atoms with Crippen LogP contribution in [0.15, 0.2) is 24.3 Å². The zero-order valence-electron chi connectivity index (χ0n) is 10.9. The molecule has 1 aliphatic heterocycles. The van der Waals surface area contributed by atoms with Crippen LogP contribution in [-0.2, 0) is 12.1 Å². The summed E-state index contributed by atoms with van der Waals surface area (Å²) in [5, 5.41) is 0. The third-order valence-corrected chi connectivity index (χ3v) is 3.51. The molecule has 0 saturated carbocycles. The standard InChI is InChI=1S/C14H16F5N/c15-13(16,10-20-8-2-1-3-9-20)11-4-6-12(7-5-11)14(17,18)19/h4-7H,1-3,8-10H2. The Balaban J connectivity index is 2.08. The molecule has 2 rings (SSSR count). The molecule has 6 heteroatoms. The lowest BCUT2D eigenvalue weighted by Crippen LogP contribution is -2.38. The Morgan fingerprint density at radius 2 is 1.30 bits per heavy atom. The second kappa shape index (κ2) is 5.68. The summed E-state index contributed by atoms with van der Waals surface area (Å²) in [4.78, 5) is 1.67. The summed E-state index contributed by atoms with van der Waals surface area (Å²) < 4.78 is 65.3. The van der Waals surface area contributed by atoms with Crippen molar-refractivity contribution in [2.75, 3.05) is 19.6 Å². The summed E-state index contributed by atoms with van der Waals surface area (Å²) in [6, 6.07) is 3.15. The van der Waals surface area contributed by atoms with Gasteiger partial charge < -0.3 is 0 Å². The lowest BCUT2D eigenvalue weighted by atomic mass is 10.0. The molecule has 0 amide bonds. The van der Waals surface area contributed by atoms with Crippen LogP contribution in [0, 0.1) is 0 Å². The molecule has 0 spiro atoms. The van der Waals surface area contributed by atoms with Crippen LogP contribution in [0.25, 0.3) is 0 Å². The number of hydrogen-bond acceptors (Lipinski definition) is 1. The van der Waals surface area contributed by atoms with E-state index in [1.807, 2.05) is 0 Å². The molecule has 1 aromatic carbocycles. The number of likely N-dealkylation sites (tertiary alicyclic amines) is 1. The Kier molecular flexibility index (Phi) is 4.32. The van der Waals surface area contributed by atoms with E-state index in [0.717, 1.165) is 31.4 Å². The molecular formula is C14H16F5N. The summed E-state index contributed by atoms with van der Waals surface area (Å²) in [7, 11) is 0. The first kappa shape index (κ1) is 15.2. The van der Waals surface area contributed by atoms with E-state index in [4.69, 9.17) is 0 Å². The van der Waals surface area contributed by atoms with Gasteiger partial charge in [-0.3, -0.25) is 4.90 Å². The van der Waals surface area contributed by atoms with Gasteiger partial charge in [0, 0.05) is 5.56 Å². The van der Waals surface area contributed by atoms with Gasteiger partial charge in [-0.05, 0) is 38.1 Å². The van der Waals surface area contributed by atoms with Gasteiger partial charge in [0.25, 0.3) is 5.92 Å². The Morgan fingerprint density at radius 1 is 0.800 bits per heavy atom. The van der Waals surface area contributed by atoms with Crippen LogP contribution < -0.4 is 0 Å². The fourth-order valence-electron chi connectivity index (χ4n) is 2.39. The lowest BCUT2D eigenvalue weighted by Gasteiger charge is -2.30. The molecule has 1 aliphatic rings. The number of alkyl halides is 5. The second-order valence-electron chi connectivity index (χ2n) is 5.12. The van der Waals surface area contributed by atoms with E-state index in [1.54, 1.807) is 4.90 Å². The molecule has 112 valence electrons. The van der Waals surface area contributed by atoms with Crippen LogP contribution in [-0.4, -0.2) is 24.5 Å². The molecule has 1 saturated heterocycles. The molecular weight excluding hydrogens is 277 g/mol. The fourth-order valence-corrected chi connectivity index (χ4v) is 2.39. The van der Waals surface area contributed by atoms with Gasteiger partial charge in [-0.15, -0.1) is 0 Å². The summed E-state index contributed by atoms with van der Waals surface area (Å²) in [5.41, 5.74) is -1.27. The number of hydrogen-bond donors (Lipinski definition) is 0. The van der Waals surface area contributed by atoms with Gasteiger partial charge in [-0.2, -0.15) is 22.0 Å². The monoisotopic (exact) mass is 293 g/mol. The molecule has 1 heterocycles. The minimum Gasteiger partial charge on any atom is -0.297 e. The van der Waals surface area contributed by atoms with Crippen molar-refractivity contribution in [1.82, 2.24) is 4.90 Å². The smallest absolute Gasteiger partial charge is 0.297 e. The molecule has 0 aliphatic carbocycles. The van der Waals surface area contributed by atoms with Crippen molar-refractivity contribution < 1.29 is 22.0 Å². The maximum Gasteiger partial charge on any atom is 0.416 e. The topological polar surface area (TPSA) is 3.24 Å². The van der Waals surface area contributed by atoms with Gasteiger partial charge in [0.2, 0.25) is 0 Å². The van der Waals surface area contributed by atoms with Crippen LogP contribution in [0.3, 0.4) is 0 Å². The van der Waals surface area contributed by atoms with Crippen molar-refractivity contribution in [3.8, 4) is 0 Å².